The van der Waals surface area contributed by atoms with Crippen molar-refractivity contribution in [3.05, 3.63) is 17.5 Å². The molecule has 0 saturated heterocycles. The lowest BCUT2D eigenvalue weighted by molar-refractivity contribution is 0.0175. The van der Waals surface area contributed by atoms with Crippen molar-refractivity contribution in [3.63, 3.8) is 0 Å². The highest BCUT2D eigenvalue weighted by atomic mass is 16.5. The van der Waals surface area contributed by atoms with E-state index in [1.165, 1.54) is 37.8 Å². The summed E-state index contributed by atoms with van der Waals surface area (Å²) < 4.78 is 7.87. The molecular weight excluding hydrogens is 262 g/mol. The van der Waals surface area contributed by atoms with E-state index in [0.29, 0.717) is 5.92 Å². The number of aromatic nitrogens is 2. The second-order valence-electron chi connectivity index (χ2n) is 6.26. The predicted molar refractivity (Wildman–Crippen MR) is 86.3 cm³/mol. The highest BCUT2D eigenvalue weighted by molar-refractivity contribution is 5.12. The fourth-order valence-corrected chi connectivity index (χ4v) is 3.66. The molecule has 4 nitrogen and oxygen atoms in total. The molecule has 0 spiro atoms. The summed E-state index contributed by atoms with van der Waals surface area (Å²) in [5.41, 5.74) is 8.91. The fraction of sp³-hybridized carbons (Fsp3) is 0.824. The lowest BCUT2D eigenvalue weighted by Gasteiger charge is -2.33. The quantitative estimate of drug-likeness (QED) is 0.841. The molecule has 2 unspecified atom stereocenters. The van der Waals surface area contributed by atoms with Crippen molar-refractivity contribution >= 4 is 0 Å². The van der Waals surface area contributed by atoms with Crippen LogP contribution in [0.3, 0.4) is 0 Å². The summed E-state index contributed by atoms with van der Waals surface area (Å²) in [5, 5.41) is 4.62. The summed E-state index contributed by atoms with van der Waals surface area (Å²) in [7, 11) is 1.81. The van der Waals surface area contributed by atoms with E-state index >= 15 is 0 Å². The van der Waals surface area contributed by atoms with Crippen LogP contribution < -0.4 is 5.73 Å². The molecule has 1 aliphatic rings. The number of hydrogen-bond donors (Lipinski definition) is 1. The van der Waals surface area contributed by atoms with Gasteiger partial charge >= 0.3 is 0 Å². The van der Waals surface area contributed by atoms with Gasteiger partial charge in [0, 0.05) is 31.8 Å². The maximum absolute atomic E-state index is 6.50. The summed E-state index contributed by atoms with van der Waals surface area (Å²) in [6, 6.07) is 2.27. The minimum Gasteiger partial charge on any atom is -0.380 e. The van der Waals surface area contributed by atoms with E-state index in [-0.39, 0.29) is 12.1 Å². The molecule has 0 aliphatic heterocycles. The van der Waals surface area contributed by atoms with E-state index in [1.54, 1.807) is 0 Å². The van der Waals surface area contributed by atoms with Crippen LogP contribution in [0, 0.1) is 5.92 Å². The zero-order chi connectivity index (χ0) is 15.2. The number of hydrogen-bond acceptors (Lipinski definition) is 3. The van der Waals surface area contributed by atoms with Crippen LogP contribution in [0.15, 0.2) is 6.07 Å². The largest absolute Gasteiger partial charge is 0.380 e. The lowest BCUT2D eigenvalue weighted by Crippen LogP contribution is -2.44. The average Bonchev–Trinajstić information content (AvgIpc) is 2.91. The van der Waals surface area contributed by atoms with Crippen molar-refractivity contribution < 1.29 is 4.74 Å². The number of methoxy groups -OCH3 is 1. The highest BCUT2D eigenvalue weighted by Crippen LogP contribution is 2.29. The smallest absolute Gasteiger partial charge is 0.0754 e. The van der Waals surface area contributed by atoms with E-state index in [2.05, 4.69) is 29.7 Å². The highest BCUT2D eigenvalue weighted by Gasteiger charge is 2.29. The molecule has 1 fully saturated rings. The van der Waals surface area contributed by atoms with Crippen LogP contribution in [-0.4, -0.2) is 29.0 Å². The molecule has 1 aromatic rings. The third-order valence-corrected chi connectivity index (χ3v) is 4.83. The van der Waals surface area contributed by atoms with Crippen LogP contribution in [0.4, 0.5) is 0 Å². The molecule has 0 bridgehead atoms. The van der Waals surface area contributed by atoms with Gasteiger partial charge in [-0.15, -0.1) is 0 Å². The molecule has 4 heteroatoms. The van der Waals surface area contributed by atoms with Gasteiger partial charge in [-0.25, -0.2) is 0 Å². The summed E-state index contributed by atoms with van der Waals surface area (Å²) in [6.45, 7) is 5.19. The van der Waals surface area contributed by atoms with Gasteiger partial charge in [-0.3, -0.25) is 4.68 Å². The molecule has 1 aromatic heterocycles. The number of nitrogens with two attached hydrogens (primary N) is 1. The molecule has 0 radical (unpaired) electrons. The third kappa shape index (κ3) is 4.07. The van der Waals surface area contributed by atoms with E-state index in [9.17, 15) is 0 Å². The van der Waals surface area contributed by atoms with Crippen molar-refractivity contribution in [1.29, 1.82) is 0 Å². The molecule has 2 atom stereocenters. The topological polar surface area (TPSA) is 53.1 Å². The van der Waals surface area contributed by atoms with Gasteiger partial charge in [0.15, 0.2) is 0 Å². The van der Waals surface area contributed by atoms with Gasteiger partial charge in [0.2, 0.25) is 0 Å². The summed E-state index contributed by atoms with van der Waals surface area (Å²) in [5.74, 6) is 0.627. The molecule has 0 amide bonds. The first kappa shape index (κ1) is 16.5. The van der Waals surface area contributed by atoms with Gasteiger partial charge in [0.25, 0.3) is 0 Å². The van der Waals surface area contributed by atoms with E-state index in [4.69, 9.17) is 10.5 Å². The van der Waals surface area contributed by atoms with Crippen LogP contribution in [0.2, 0.25) is 0 Å². The van der Waals surface area contributed by atoms with Crippen molar-refractivity contribution in [2.24, 2.45) is 11.7 Å². The van der Waals surface area contributed by atoms with Crippen molar-refractivity contribution in [2.45, 2.75) is 77.5 Å². The number of aryl methyl sites for hydroxylation is 2. The fourth-order valence-electron chi connectivity index (χ4n) is 3.66. The molecule has 21 heavy (non-hydrogen) atoms. The van der Waals surface area contributed by atoms with Gasteiger partial charge in [-0.2, -0.15) is 5.10 Å². The van der Waals surface area contributed by atoms with Crippen LogP contribution in [-0.2, 0) is 24.1 Å². The Hall–Kier alpha value is -0.870. The second kappa shape index (κ2) is 7.95. The maximum atomic E-state index is 6.50. The average molecular weight is 293 g/mol. The summed E-state index contributed by atoms with van der Waals surface area (Å²) >= 11 is 0. The van der Waals surface area contributed by atoms with E-state index in [0.717, 1.165) is 25.1 Å². The van der Waals surface area contributed by atoms with Gasteiger partial charge in [0.1, 0.15) is 0 Å². The first-order valence-electron chi connectivity index (χ1n) is 8.53. The predicted octanol–water partition coefficient (Wildman–Crippen LogP) is 2.93. The number of nitrogens with zero attached hydrogens (tertiary/aromatic N) is 2. The Morgan fingerprint density at radius 2 is 2.05 bits per heavy atom. The molecule has 1 heterocycles. The van der Waals surface area contributed by atoms with Gasteiger partial charge in [0.05, 0.1) is 11.8 Å². The number of rotatable bonds is 7. The monoisotopic (exact) mass is 293 g/mol. The minimum atomic E-state index is 0.0600. The van der Waals surface area contributed by atoms with Crippen LogP contribution in [0.25, 0.3) is 0 Å². The van der Waals surface area contributed by atoms with E-state index < -0.39 is 0 Å². The zero-order valence-electron chi connectivity index (χ0n) is 13.8. The Morgan fingerprint density at radius 3 is 2.62 bits per heavy atom. The minimum absolute atomic E-state index is 0.0600. The van der Waals surface area contributed by atoms with Crippen LogP contribution in [0.5, 0.6) is 0 Å². The van der Waals surface area contributed by atoms with Crippen LogP contribution >= 0.6 is 0 Å². The van der Waals surface area contributed by atoms with Crippen LogP contribution in [0.1, 0.15) is 57.3 Å². The maximum Gasteiger partial charge on any atom is 0.0754 e. The Kier molecular flexibility index (Phi) is 6.24. The SMILES string of the molecule is CCc1cc(CC(N)C(OC)C2CCCCC2)n(CC)n1. The van der Waals surface area contributed by atoms with Crippen molar-refractivity contribution in [2.75, 3.05) is 7.11 Å². The van der Waals surface area contributed by atoms with E-state index in [1.807, 2.05) is 7.11 Å². The van der Waals surface area contributed by atoms with Crippen molar-refractivity contribution in [1.82, 2.24) is 9.78 Å². The Labute approximate surface area is 129 Å². The lowest BCUT2D eigenvalue weighted by atomic mass is 9.82. The van der Waals surface area contributed by atoms with Gasteiger partial charge in [-0.05, 0) is 38.2 Å². The molecule has 2 rings (SSSR count). The standard InChI is InChI=1S/C17H31N3O/c1-4-14-11-15(20(5-2)19-14)12-16(18)17(21-3)13-9-7-6-8-10-13/h11,13,16-17H,4-10,12,18H2,1-3H3. The molecule has 1 aliphatic carbocycles. The second-order valence-corrected chi connectivity index (χ2v) is 6.26. The molecule has 1 saturated carbocycles. The normalized spacial score (nSPS) is 19.6. The summed E-state index contributed by atoms with van der Waals surface area (Å²) in [6.07, 6.45) is 8.55. The molecular formula is C17H31N3O. The van der Waals surface area contributed by atoms with Gasteiger partial charge in [-0.1, -0.05) is 26.2 Å². The Morgan fingerprint density at radius 1 is 1.33 bits per heavy atom. The Bertz CT molecular complexity index is 424. The van der Waals surface area contributed by atoms with Gasteiger partial charge < -0.3 is 10.5 Å². The first-order valence-corrected chi connectivity index (χ1v) is 8.53. The summed E-state index contributed by atoms with van der Waals surface area (Å²) in [4.78, 5) is 0. The Balaban J connectivity index is 2.04. The molecule has 120 valence electrons. The number of ether oxygens (including phenoxy) is 1. The first-order chi connectivity index (χ1) is 10.2. The molecule has 2 N–H and O–H groups in total. The zero-order valence-corrected chi connectivity index (χ0v) is 13.8. The third-order valence-electron chi connectivity index (χ3n) is 4.83. The van der Waals surface area contributed by atoms with Crippen molar-refractivity contribution in [3.8, 4) is 0 Å². The molecule has 0 aromatic carbocycles.